The van der Waals surface area contributed by atoms with Gasteiger partial charge in [-0.2, -0.15) is 13.2 Å². The first-order valence-electron chi connectivity index (χ1n) is 9.93. The third-order valence-electron chi connectivity index (χ3n) is 5.60. The molecule has 4 rings (SSSR count). The number of alkyl halides is 3. The Morgan fingerprint density at radius 3 is 2.56 bits per heavy atom. The summed E-state index contributed by atoms with van der Waals surface area (Å²) in [4.78, 5) is 41.5. The van der Waals surface area contributed by atoms with E-state index in [0.717, 1.165) is 0 Å². The van der Waals surface area contributed by atoms with Crippen LogP contribution in [-0.2, 0) is 9.59 Å². The molecule has 0 spiro atoms. The van der Waals surface area contributed by atoms with E-state index in [1.54, 1.807) is 31.2 Å². The number of benzene rings is 2. The topological polar surface area (TPSA) is 79.0 Å². The van der Waals surface area contributed by atoms with Gasteiger partial charge in [0.05, 0.1) is 16.9 Å². The number of amides is 3. The molecule has 3 amide bonds. The number of fused-ring (bicyclic) bond motifs is 3. The zero-order valence-corrected chi connectivity index (χ0v) is 17.1. The number of halogens is 3. The summed E-state index contributed by atoms with van der Waals surface area (Å²) in [5.74, 6) is -1.31. The van der Waals surface area contributed by atoms with Crippen molar-refractivity contribution in [1.29, 1.82) is 0 Å². The maximum absolute atomic E-state index is 13.2. The van der Waals surface area contributed by atoms with E-state index in [2.05, 4.69) is 5.32 Å². The summed E-state index contributed by atoms with van der Waals surface area (Å²) in [6, 6.07) is 12.4. The minimum atomic E-state index is -4.53. The highest BCUT2D eigenvalue weighted by Crippen LogP contribution is 2.43. The summed E-state index contributed by atoms with van der Waals surface area (Å²) in [5.41, 5.74) is -0.158. The molecule has 1 atom stereocenters. The molecule has 0 bridgehead atoms. The van der Waals surface area contributed by atoms with Gasteiger partial charge in [0.15, 0.2) is 6.61 Å². The minimum absolute atomic E-state index is 0.0520. The van der Waals surface area contributed by atoms with E-state index in [4.69, 9.17) is 4.74 Å². The Morgan fingerprint density at radius 2 is 1.81 bits per heavy atom. The standard InChI is InChI=1S/C22H20F3N3O4/c1-21-11-10-19(30)28(21)16-8-4-2-6-14(16)20(31)27(21)12-18(29)26-15-7-3-5-9-17(15)32-13-22(23,24)25/h2-9H,10-13H2,1H3,(H,26,29). The fourth-order valence-electron chi connectivity index (χ4n) is 4.13. The molecule has 2 aliphatic rings. The summed E-state index contributed by atoms with van der Waals surface area (Å²) in [6.07, 6.45) is -3.95. The molecule has 0 aliphatic carbocycles. The zero-order chi connectivity index (χ0) is 23.1. The number of rotatable bonds is 5. The molecule has 32 heavy (non-hydrogen) atoms. The van der Waals surface area contributed by atoms with Gasteiger partial charge in [0.2, 0.25) is 11.8 Å². The summed E-state index contributed by atoms with van der Waals surface area (Å²) < 4.78 is 42.3. The molecule has 0 saturated carbocycles. The lowest BCUT2D eigenvalue weighted by Gasteiger charge is -2.48. The first kappa shape index (κ1) is 21.7. The number of para-hydroxylation sites is 3. The highest BCUT2D eigenvalue weighted by Gasteiger charge is 2.53. The normalized spacial score (nSPS) is 20.1. The number of carbonyl (C=O) groups excluding carboxylic acids is 3. The Kier molecular flexibility index (Phi) is 5.31. The van der Waals surface area contributed by atoms with Gasteiger partial charge in [0, 0.05) is 6.42 Å². The van der Waals surface area contributed by atoms with Crippen LogP contribution in [0, 0.1) is 0 Å². The number of nitrogens with zero attached hydrogens (tertiary/aromatic N) is 2. The monoisotopic (exact) mass is 447 g/mol. The van der Waals surface area contributed by atoms with E-state index in [-0.39, 0.29) is 30.3 Å². The van der Waals surface area contributed by atoms with Crippen LogP contribution >= 0.6 is 0 Å². The van der Waals surface area contributed by atoms with Crippen molar-refractivity contribution >= 4 is 29.1 Å². The maximum Gasteiger partial charge on any atom is 0.422 e. The second-order valence-electron chi connectivity index (χ2n) is 7.80. The van der Waals surface area contributed by atoms with Crippen molar-refractivity contribution < 1.29 is 32.3 Å². The number of hydrogen-bond donors (Lipinski definition) is 1. The fourth-order valence-corrected chi connectivity index (χ4v) is 4.13. The average molecular weight is 447 g/mol. The molecular formula is C22H20F3N3O4. The largest absolute Gasteiger partial charge is 0.482 e. The van der Waals surface area contributed by atoms with Crippen molar-refractivity contribution in [3.8, 4) is 5.75 Å². The van der Waals surface area contributed by atoms with Gasteiger partial charge in [-0.25, -0.2) is 0 Å². The molecule has 1 fully saturated rings. The van der Waals surface area contributed by atoms with Crippen molar-refractivity contribution in [2.45, 2.75) is 31.6 Å². The van der Waals surface area contributed by atoms with Crippen LogP contribution in [0.1, 0.15) is 30.1 Å². The molecular weight excluding hydrogens is 427 g/mol. The van der Waals surface area contributed by atoms with Crippen LogP contribution in [0.2, 0.25) is 0 Å². The van der Waals surface area contributed by atoms with Gasteiger partial charge in [-0.05, 0) is 37.6 Å². The van der Waals surface area contributed by atoms with Crippen molar-refractivity contribution in [1.82, 2.24) is 4.90 Å². The quantitative estimate of drug-likeness (QED) is 0.760. The smallest absolute Gasteiger partial charge is 0.422 e. The van der Waals surface area contributed by atoms with Crippen LogP contribution in [0.25, 0.3) is 0 Å². The predicted molar refractivity (Wildman–Crippen MR) is 109 cm³/mol. The second kappa shape index (κ2) is 7.85. The molecule has 1 unspecified atom stereocenters. The number of hydrogen-bond acceptors (Lipinski definition) is 4. The van der Waals surface area contributed by atoms with Gasteiger partial charge in [-0.15, -0.1) is 0 Å². The summed E-state index contributed by atoms with van der Waals surface area (Å²) in [6.45, 7) is -0.170. The van der Waals surface area contributed by atoms with E-state index in [1.807, 2.05) is 0 Å². The van der Waals surface area contributed by atoms with E-state index in [9.17, 15) is 27.6 Å². The van der Waals surface area contributed by atoms with Crippen molar-refractivity contribution in [2.24, 2.45) is 0 Å². The molecule has 10 heteroatoms. The van der Waals surface area contributed by atoms with E-state index < -0.39 is 30.3 Å². The lowest BCUT2D eigenvalue weighted by atomic mass is 9.98. The van der Waals surface area contributed by atoms with Crippen molar-refractivity contribution in [3.05, 3.63) is 54.1 Å². The molecule has 2 aromatic rings. The van der Waals surface area contributed by atoms with Gasteiger partial charge in [0.25, 0.3) is 5.91 Å². The van der Waals surface area contributed by atoms with Crippen LogP contribution < -0.4 is 15.0 Å². The van der Waals surface area contributed by atoms with Crippen LogP contribution in [0.3, 0.4) is 0 Å². The zero-order valence-electron chi connectivity index (χ0n) is 17.1. The van der Waals surface area contributed by atoms with E-state index in [1.165, 1.54) is 34.1 Å². The van der Waals surface area contributed by atoms with E-state index in [0.29, 0.717) is 17.7 Å². The SMILES string of the molecule is CC12CCC(=O)N1c1ccccc1C(=O)N2CC(=O)Nc1ccccc1OCC(F)(F)F. The number of carbonyl (C=O) groups is 3. The van der Waals surface area contributed by atoms with E-state index >= 15 is 0 Å². The molecule has 2 aliphatic heterocycles. The Balaban J connectivity index is 1.57. The van der Waals surface area contributed by atoms with Crippen LogP contribution in [-0.4, -0.2) is 47.6 Å². The number of ether oxygens (including phenoxy) is 1. The molecule has 1 N–H and O–H groups in total. The Hall–Kier alpha value is -3.56. The molecule has 2 aromatic carbocycles. The Bertz CT molecular complexity index is 1090. The average Bonchev–Trinajstić information content (AvgIpc) is 3.05. The highest BCUT2D eigenvalue weighted by atomic mass is 19.4. The number of anilines is 2. The van der Waals surface area contributed by atoms with Gasteiger partial charge in [0.1, 0.15) is 18.0 Å². The third kappa shape index (κ3) is 3.88. The summed E-state index contributed by atoms with van der Waals surface area (Å²) in [7, 11) is 0. The molecule has 168 valence electrons. The van der Waals surface area contributed by atoms with Crippen molar-refractivity contribution in [3.63, 3.8) is 0 Å². The molecule has 0 aromatic heterocycles. The molecule has 1 saturated heterocycles. The summed E-state index contributed by atoms with van der Waals surface area (Å²) in [5, 5.41) is 2.52. The van der Waals surface area contributed by atoms with Gasteiger partial charge >= 0.3 is 6.18 Å². The lowest BCUT2D eigenvalue weighted by molar-refractivity contribution is -0.153. The number of nitrogens with one attached hydrogen (secondary N) is 1. The highest BCUT2D eigenvalue weighted by molar-refractivity contribution is 6.11. The second-order valence-corrected chi connectivity index (χ2v) is 7.80. The van der Waals surface area contributed by atoms with Gasteiger partial charge in [-0.3, -0.25) is 19.3 Å². The van der Waals surface area contributed by atoms with Crippen LogP contribution in [0.4, 0.5) is 24.5 Å². The lowest BCUT2D eigenvalue weighted by Crippen LogP contribution is -2.63. The molecule has 7 nitrogen and oxygen atoms in total. The van der Waals surface area contributed by atoms with Crippen molar-refractivity contribution in [2.75, 3.05) is 23.4 Å². The summed E-state index contributed by atoms with van der Waals surface area (Å²) >= 11 is 0. The minimum Gasteiger partial charge on any atom is -0.482 e. The van der Waals surface area contributed by atoms with Crippen LogP contribution in [0.5, 0.6) is 5.75 Å². The first-order chi connectivity index (χ1) is 15.1. The fraction of sp³-hybridized carbons (Fsp3) is 0.318. The Morgan fingerprint density at radius 1 is 1.12 bits per heavy atom. The van der Waals surface area contributed by atoms with Gasteiger partial charge in [-0.1, -0.05) is 24.3 Å². The first-order valence-corrected chi connectivity index (χ1v) is 9.93. The Labute approximate surface area is 181 Å². The molecule has 0 radical (unpaired) electrons. The third-order valence-corrected chi connectivity index (χ3v) is 5.60. The predicted octanol–water partition coefficient (Wildman–Crippen LogP) is 3.57. The molecule has 2 heterocycles. The maximum atomic E-state index is 13.2. The van der Waals surface area contributed by atoms with Crippen LogP contribution in [0.15, 0.2) is 48.5 Å². The van der Waals surface area contributed by atoms with Gasteiger partial charge < -0.3 is 15.0 Å².